The second kappa shape index (κ2) is 7.23. The normalized spacial score (nSPS) is 17.4. The van der Waals surface area contributed by atoms with Crippen LogP contribution in [0.4, 0.5) is 11.4 Å². The zero-order chi connectivity index (χ0) is 17.1. The lowest BCUT2D eigenvalue weighted by atomic mass is 10.2. The van der Waals surface area contributed by atoms with Gasteiger partial charge in [0.1, 0.15) is 0 Å². The molecule has 0 saturated carbocycles. The minimum absolute atomic E-state index is 0.123. The van der Waals surface area contributed by atoms with Crippen LogP contribution < -0.4 is 10.2 Å². The summed E-state index contributed by atoms with van der Waals surface area (Å²) in [6, 6.07) is 15.7. The van der Waals surface area contributed by atoms with Gasteiger partial charge in [0.2, 0.25) is 0 Å². The van der Waals surface area contributed by atoms with Gasteiger partial charge in [0.15, 0.2) is 5.17 Å². The van der Waals surface area contributed by atoms with Crippen molar-refractivity contribution in [2.45, 2.75) is 0 Å². The average molecular weight is 402 g/mol. The third-order valence-corrected chi connectivity index (χ3v) is 5.01. The average Bonchev–Trinajstić information content (AvgIpc) is 2.90. The smallest absolute Gasteiger partial charge is 0.264 e. The number of amidine groups is 1. The number of nitrogens with one attached hydrogen (secondary N) is 1. The predicted molar refractivity (Wildman–Crippen MR) is 106 cm³/mol. The van der Waals surface area contributed by atoms with Gasteiger partial charge in [-0.05, 0) is 63.6 Å². The van der Waals surface area contributed by atoms with Crippen LogP contribution >= 0.6 is 27.7 Å². The number of anilines is 1. The van der Waals surface area contributed by atoms with Crippen LogP contribution in [0.25, 0.3) is 6.08 Å². The zero-order valence-electron chi connectivity index (χ0n) is 13.3. The van der Waals surface area contributed by atoms with E-state index in [1.165, 1.54) is 11.8 Å². The van der Waals surface area contributed by atoms with Crippen LogP contribution in [0.5, 0.6) is 0 Å². The molecule has 4 nitrogen and oxygen atoms in total. The molecular formula is C18H16BrN3OS. The molecule has 1 aliphatic heterocycles. The number of hydrogen-bond donors (Lipinski definition) is 1. The van der Waals surface area contributed by atoms with E-state index in [0.717, 1.165) is 21.4 Å². The number of carbonyl (C=O) groups is 1. The van der Waals surface area contributed by atoms with E-state index in [1.54, 1.807) is 0 Å². The topological polar surface area (TPSA) is 44.7 Å². The Balaban J connectivity index is 1.81. The van der Waals surface area contributed by atoms with E-state index in [0.29, 0.717) is 10.1 Å². The van der Waals surface area contributed by atoms with Crippen LogP contribution in [0.1, 0.15) is 5.56 Å². The second-order valence-corrected chi connectivity index (χ2v) is 7.30. The number of para-hydroxylation sites is 1. The van der Waals surface area contributed by atoms with Crippen LogP contribution in [0.15, 0.2) is 62.9 Å². The minimum Gasteiger partial charge on any atom is -0.378 e. The minimum atomic E-state index is -0.123. The van der Waals surface area contributed by atoms with Gasteiger partial charge in [-0.3, -0.25) is 4.79 Å². The molecule has 1 aliphatic rings. The maximum Gasteiger partial charge on any atom is 0.264 e. The summed E-state index contributed by atoms with van der Waals surface area (Å²) in [5.41, 5.74) is 2.90. The van der Waals surface area contributed by atoms with E-state index in [4.69, 9.17) is 0 Å². The third-order valence-electron chi connectivity index (χ3n) is 3.43. The molecule has 1 amide bonds. The van der Waals surface area contributed by atoms with Crippen molar-refractivity contribution in [3.63, 3.8) is 0 Å². The predicted octanol–water partition coefficient (Wildman–Crippen LogP) is 4.41. The molecule has 122 valence electrons. The van der Waals surface area contributed by atoms with Gasteiger partial charge < -0.3 is 10.2 Å². The van der Waals surface area contributed by atoms with Gasteiger partial charge in [0.05, 0.1) is 10.6 Å². The van der Waals surface area contributed by atoms with Gasteiger partial charge >= 0.3 is 0 Å². The fourth-order valence-corrected chi connectivity index (χ4v) is 3.36. The van der Waals surface area contributed by atoms with Crippen molar-refractivity contribution in [2.75, 3.05) is 19.0 Å². The van der Waals surface area contributed by atoms with Gasteiger partial charge in [0, 0.05) is 24.3 Å². The van der Waals surface area contributed by atoms with Crippen LogP contribution in [-0.4, -0.2) is 25.2 Å². The van der Waals surface area contributed by atoms with Gasteiger partial charge in [-0.25, -0.2) is 4.99 Å². The molecule has 1 fully saturated rings. The molecule has 24 heavy (non-hydrogen) atoms. The molecule has 0 spiro atoms. The van der Waals surface area contributed by atoms with E-state index >= 15 is 0 Å². The molecule has 3 rings (SSSR count). The summed E-state index contributed by atoms with van der Waals surface area (Å²) < 4.78 is 0.893. The van der Waals surface area contributed by atoms with Crippen LogP contribution in [0.2, 0.25) is 0 Å². The number of amides is 1. The van der Waals surface area contributed by atoms with Gasteiger partial charge in [0.25, 0.3) is 5.91 Å². The highest BCUT2D eigenvalue weighted by Crippen LogP contribution is 2.31. The SMILES string of the molecule is CN(C)c1ccc(C=C2SC(=Nc3ccccc3Br)NC2=O)cc1. The quantitative estimate of drug-likeness (QED) is 0.774. The summed E-state index contributed by atoms with van der Waals surface area (Å²) in [7, 11) is 4.00. The number of benzene rings is 2. The maximum atomic E-state index is 12.1. The first-order valence-electron chi connectivity index (χ1n) is 7.34. The zero-order valence-corrected chi connectivity index (χ0v) is 15.7. The number of carbonyl (C=O) groups excluding carboxylic acids is 1. The first-order chi connectivity index (χ1) is 11.5. The lowest BCUT2D eigenvalue weighted by Crippen LogP contribution is -2.19. The summed E-state index contributed by atoms with van der Waals surface area (Å²) in [5.74, 6) is -0.123. The van der Waals surface area contributed by atoms with E-state index in [9.17, 15) is 4.79 Å². The number of nitrogens with zero attached hydrogens (tertiary/aromatic N) is 2. The number of rotatable bonds is 3. The van der Waals surface area contributed by atoms with Crippen LogP contribution in [-0.2, 0) is 4.79 Å². The molecule has 0 atom stereocenters. The van der Waals surface area contributed by atoms with Crippen molar-refractivity contribution in [3.8, 4) is 0 Å². The summed E-state index contributed by atoms with van der Waals surface area (Å²) in [6.07, 6.45) is 1.88. The maximum absolute atomic E-state index is 12.1. The second-order valence-electron chi connectivity index (χ2n) is 5.42. The highest BCUT2D eigenvalue weighted by Gasteiger charge is 2.23. The Morgan fingerprint density at radius 2 is 1.83 bits per heavy atom. The Kier molecular flexibility index (Phi) is 5.06. The lowest BCUT2D eigenvalue weighted by Gasteiger charge is -2.11. The monoisotopic (exact) mass is 401 g/mol. The van der Waals surface area contributed by atoms with Crippen molar-refractivity contribution in [3.05, 3.63) is 63.5 Å². The van der Waals surface area contributed by atoms with Gasteiger partial charge in [-0.2, -0.15) is 0 Å². The summed E-state index contributed by atoms with van der Waals surface area (Å²) in [5, 5.41) is 3.39. The number of aliphatic imine (C=N–C) groups is 1. The summed E-state index contributed by atoms with van der Waals surface area (Å²) in [6.45, 7) is 0. The van der Waals surface area contributed by atoms with Crippen molar-refractivity contribution in [1.29, 1.82) is 0 Å². The van der Waals surface area contributed by atoms with Crippen LogP contribution in [0.3, 0.4) is 0 Å². The van der Waals surface area contributed by atoms with Crippen LogP contribution in [0, 0.1) is 0 Å². The molecule has 0 unspecified atom stereocenters. The molecule has 0 aliphatic carbocycles. The Labute approximate surface area is 153 Å². The highest BCUT2D eigenvalue weighted by atomic mass is 79.9. The van der Waals surface area contributed by atoms with E-state index in [2.05, 4.69) is 26.2 Å². The van der Waals surface area contributed by atoms with Crippen molar-refractivity contribution in [1.82, 2.24) is 5.32 Å². The van der Waals surface area contributed by atoms with Crippen molar-refractivity contribution >= 4 is 56.2 Å². The highest BCUT2D eigenvalue weighted by molar-refractivity contribution is 9.10. The van der Waals surface area contributed by atoms with Crippen molar-refractivity contribution < 1.29 is 4.79 Å². The molecule has 1 heterocycles. The molecule has 0 aromatic heterocycles. The molecule has 1 saturated heterocycles. The fraction of sp³-hybridized carbons (Fsp3) is 0.111. The third kappa shape index (κ3) is 3.88. The molecule has 2 aromatic carbocycles. The summed E-state index contributed by atoms with van der Waals surface area (Å²) >= 11 is 4.81. The first kappa shape index (κ1) is 16.8. The van der Waals surface area contributed by atoms with Gasteiger partial charge in [-0.15, -0.1) is 0 Å². The number of hydrogen-bond acceptors (Lipinski definition) is 4. The Hall–Kier alpha value is -2.05. The van der Waals surface area contributed by atoms with E-state index in [-0.39, 0.29) is 5.91 Å². The largest absolute Gasteiger partial charge is 0.378 e. The molecule has 2 aromatic rings. The lowest BCUT2D eigenvalue weighted by molar-refractivity contribution is -0.115. The standard InChI is InChI=1S/C18H16BrN3OS/c1-22(2)13-9-7-12(8-10-13)11-16-17(23)21-18(24-16)20-15-6-4-3-5-14(15)19/h3-11H,1-2H3,(H,20,21,23). The molecule has 0 bridgehead atoms. The Morgan fingerprint density at radius 3 is 2.50 bits per heavy atom. The molecule has 1 N–H and O–H groups in total. The summed E-state index contributed by atoms with van der Waals surface area (Å²) in [4.78, 5) is 19.3. The van der Waals surface area contributed by atoms with Crippen molar-refractivity contribution in [2.24, 2.45) is 4.99 Å². The van der Waals surface area contributed by atoms with E-state index < -0.39 is 0 Å². The first-order valence-corrected chi connectivity index (χ1v) is 8.95. The fourth-order valence-electron chi connectivity index (χ4n) is 2.15. The molecular weight excluding hydrogens is 386 g/mol. The Bertz CT molecular complexity index is 828. The molecule has 0 radical (unpaired) electrons. The number of thioether (sulfide) groups is 1. The van der Waals surface area contributed by atoms with Gasteiger partial charge in [-0.1, -0.05) is 24.3 Å². The van der Waals surface area contributed by atoms with E-state index in [1.807, 2.05) is 73.6 Å². The number of halogens is 1. The Morgan fingerprint density at radius 1 is 1.12 bits per heavy atom. The molecule has 6 heteroatoms.